The number of para-hydroxylation sites is 2. The molecule has 0 atom stereocenters. The number of nitro groups is 1. The summed E-state index contributed by atoms with van der Waals surface area (Å²) in [7, 11) is 1.18. The minimum Gasteiger partial charge on any atom is -0.465 e. The highest BCUT2D eigenvalue weighted by Crippen LogP contribution is 2.17. The lowest BCUT2D eigenvalue weighted by Gasteiger charge is -1.99. The quantitative estimate of drug-likeness (QED) is 0.400. The summed E-state index contributed by atoms with van der Waals surface area (Å²) in [6.45, 7) is 1.66. The molecular weight excluding hydrogens is 328 g/mol. The average molecular weight is 342 g/mol. The zero-order valence-corrected chi connectivity index (χ0v) is 13.5. The van der Waals surface area contributed by atoms with E-state index in [2.05, 4.69) is 9.72 Å². The first kappa shape index (κ1) is 17.8. The molecule has 0 aliphatic rings. The maximum atomic E-state index is 11.2. The van der Waals surface area contributed by atoms with Crippen molar-refractivity contribution in [3.63, 3.8) is 0 Å². The van der Waals surface area contributed by atoms with E-state index < -0.39 is 10.9 Å². The van der Waals surface area contributed by atoms with E-state index in [1.165, 1.54) is 25.3 Å². The van der Waals surface area contributed by atoms with E-state index in [0.717, 1.165) is 0 Å². The standard InChI is InChI=1S/C9H7NO2.C8H7NO4/c1-6-10-8-5-3-2-4-7(8)9(11)12-6;1-13-8(10)6-4-2-3-5-7(6)9(11)12/h2-5H,1H3;2-5H,1H3. The summed E-state index contributed by atoms with van der Waals surface area (Å²) in [6.07, 6.45) is 0. The van der Waals surface area contributed by atoms with Gasteiger partial charge in [-0.3, -0.25) is 10.1 Å². The Hall–Kier alpha value is -3.55. The molecule has 0 amide bonds. The van der Waals surface area contributed by atoms with E-state index in [4.69, 9.17) is 4.42 Å². The number of nitrogens with zero attached hydrogens (tertiary/aromatic N) is 2. The van der Waals surface area contributed by atoms with Crippen molar-refractivity contribution in [2.24, 2.45) is 0 Å². The highest BCUT2D eigenvalue weighted by atomic mass is 16.6. The molecule has 2 aromatic carbocycles. The topological polar surface area (TPSA) is 113 Å². The Morgan fingerprint density at radius 3 is 2.48 bits per heavy atom. The monoisotopic (exact) mass is 342 g/mol. The molecular formula is C17H14N2O6. The predicted octanol–water partition coefficient (Wildman–Crippen LogP) is 2.88. The highest BCUT2D eigenvalue weighted by Gasteiger charge is 2.18. The smallest absolute Gasteiger partial charge is 0.346 e. The second-order valence-corrected chi connectivity index (χ2v) is 4.80. The van der Waals surface area contributed by atoms with Gasteiger partial charge in [0.05, 0.1) is 22.9 Å². The van der Waals surface area contributed by atoms with Crippen LogP contribution in [0.1, 0.15) is 16.2 Å². The van der Waals surface area contributed by atoms with Gasteiger partial charge in [0, 0.05) is 13.0 Å². The largest absolute Gasteiger partial charge is 0.465 e. The van der Waals surface area contributed by atoms with Crippen LogP contribution in [-0.2, 0) is 4.74 Å². The van der Waals surface area contributed by atoms with Crippen molar-refractivity contribution in [3.8, 4) is 0 Å². The van der Waals surface area contributed by atoms with Crippen molar-refractivity contribution >= 4 is 22.6 Å². The first-order chi connectivity index (χ1) is 11.9. The Bertz CT molecular complexity index is 980. The zero-order chi connectivity index (χ0) is 18.4. The normalized spacial score (nSPS) is 9.84. The number of methoxy groups -OCH3 is 1. The Labute approximate surface area is 141 Å². The summed E-state index contributed by atoms with van der Waals surface area (Å²) in [4.78, 5) is 36.1. The minimum atomic E-state index is -0.702. The molecule has 8 heteroatoms. The Kier molecular flexibility index (Phi) is 5.57. The first-order valence-corrected chi connectivity index (χ1v) is 7.12. The molecule has 128 valence electrons. The number of fused-ring (bicyclic) bond motifs is 1. The van der Waals surface area contributed by atoms with Gasteiger partial charge in [-0.1, -0.05) is 24.3 Å². The number of hydrogen-bond donors (Lipinski definition) is 0. The van der Waals surface area contributed by atoms with Gasteiger partial charge >= 0.3 is 11.6 Å². The summed E-state index contributed by atoms with van der Waals surface area (Å²) in [5, 5.41) is 11.0. The number of carbonyl (C=O) groups excluding carboxylic acids is 1. The molecule has 0 aliphatic carbocycles. The molecule has 0 fully saturated rings. The van der Waals surface area contributed by atoms with Gasteiger partial charge in [0.1, 0.15) is 5.56 Å². The number of nitro benzene ring substituents is 1. The van der Waals surface area contributed by atoms with Gasteiger partial charge in [-0.25, -0.2) is 14.6 Å². The summed E-state index contributed by atoms with van der Waals surface area (Å²) < 4.78 is 9.21. The van der Waals surface area contributed by atoms with Gasteiger partial charge in [0.15, 0.2) is 5.89 Å². The molecule has 0 radical (unpaired) electrons. The fourth-order valence-electron chi connectivity index (χ4n) is 2.04. The van der Waals surface area contributed by atoms with Crippen LogP contribution in [0.5, 0.6) is 0 Å². The van der Waals surface area contributed by atoms with Crippen molar-refractivity contribution in [1.82, 2.24) is 4.98 Å². The predicted molar refractivity (Wildman–Crippen MR) is 89.5 cm³/mol. The molecule has 8 nitrogen and oxygen atoms in total. The third-order valence-corrected chi connectivity index (χ3v) is 3.15. The van der Waals surface area contributed by atoms with E-state index >= 15 is 0 Å². The number of benzene rings is 2. The SMILES string of the molecule is COC(=O)c1ccccc1[N+](=O)[O-].Cc1nc2ccccc2c(=O)o1. The van der Waals surface area contributed by atoms with Gasteiger partial charge < -0.3 is 9.15 Å². The second-order valence-electron chi connectivity index (χ2n) is 4.80. The van der Waals surface area contributed by atoms with Gasteiger partial charge in [-0.05, 0) is 18.2 Å². The van der Waals surface area contributed by atoms with Gasteiger partial charge in [-0.15, -0.1) is 0 Å². The lowest BCUT2D eigenvalue weighted by Crippen LogP contribution is -2.04. The van der Waals surface area contributed by atoms with Crippen LogP contribution in [0.25, 0.3) is 10.9 Å². The lowest BCUT2D eigenvalue weighted by atomic mass is 10.2. The molecule has 0 saturated carbocycles. The van der Waals surface area contributed by atoms with Crippen LogP contribution in [0.2, 0.25) is 0 Å². The van der Waals surface area contributed by atoms with Crippen molar-refractivity contribution in [1.29, 1.82) is 0 Å². The van der Waals surface area contributed by atoms with Crippen LogP contribution >= 0.6 is 0 Å². The number of aromatic nitrogens is 1. The lowest BCUT2D eigenvalue weighted by molar-refractivity contribution is -0.385. The van der Waals surface area contributed by atoms with Crippen LogP contribution in [0, 0.1) is 17.0 Å². The third kappa shape index (κ3) is 4.25. The number of rotatable bonds is 2. The highest BCUT2D eigenvalue weighted by molar-refractivity contribution is 5.93. The van der Waals surface area contributed by atoms with Gasteiger partial charge in [0.2, 0.25) is 0 Å². The molecule has 0 bridgehead atoms. The number of hydrogen-bond acceptors (Lipinski definition) is 7. The van der Waals surface area contributed by atoms with Crippen LogP contribution in [0.4, 0.5) is 5.69 Å². The van der Waals surface area contributed by atoms with Crippen molar-refractivity contribution in [3.05, 3.63) is 80.5 Å². The summed E-state index contributed by atoms with van der Waals surface area (Å²) in [6, 6.07) is 12.8. The van der Waals surface area contributed by atoms with Gasteiger partial charge in [0.25, 0.3) is 5.69 Å². The van der Waals surface area contributed by atoms with E-state index in [1.54, 1.807) is 31.2 Å². The average Bonchev–Trinajstić information content (AvgIpc) is 2.61. The molecule has 0 spiro atoms. The molecule has 1 aromatic heterocycles. The molecule has 0 N–H and O–H groups in total. The van der Waals surface area contributed by atoms with E-state index in [9.17, 15) is 19.7 Å². The second kappa shape index (κ2) is 7.82. The van der Waals surface area contributed by atoms with Crippen molar-refractivity contribution in [2.45, 2.75) is 6.92 Å². The Morgan fingerprint density at radius 1 is 1.16 bits per heavy atom. The molecule has 0 aliphatic heterocycles. The van der Waals surface area contributed by atoms with Crippen molar-refractivity contribution in [2.75, 3.05) is 7.11 Å². The molecule has 3 rings (SSSR count). The zero-order valence-electron chi connectivity index (χ0n) is 13.5. The fourth-order valence-corrected chi connectivity index (χ4v) is 2.04. The van der Waals surface area contributed by atoms with Crippen LogP contribution in [-0.4, -0.2) is 23.0 Å². The number of ether oxygens (including phenoxy) is 1. The summed E-state index contributed by atoms with van der Waals surface area (Å²) in [5.74, 6) is -0.300. The molecule has 0 saturated heterocycles. The molecule has 3 aromatic rings. The minimum absolute atomic E-state index is 0.0324. The number of esters is 1. The summed E-state index contributed by atoms with van der Waals surface area (Å²) >= 11 is 0. The van der Waals surface area contributed by atoms with Crippen LogP contribution < -0.4 is 5.63 Å². The Balaban J connectivity index is 0.000000181. The van der Waals surface area contributed by atoms with Crippen LogP contribution in [0.15, 0.2) is 57.7 Å². The van der Waals surface area contributed by atoms with Gasteiger partial charge in [-0.2, -0.15) is 0 Å². The molecule has 25 heavy (non-hydrogen) atoms. The fraction of sp³-hybridized carbons (Fsp3) is 0.118. The van der Waals surface area contributed by atoms with E-state index in [0.29, 0.717) is 16.8 Å². The van der Waals surface area contributed by atoms with E-state index in [-0.39, 0.29) is 16.9 Å². The number of carbonyl (C=O) groups is 1. The molecule has 1 heterocycles. The van der Waals surface area contributed by atoms with E-state index in [1.807, 2.05) is 6.07 Å². The number of aryl methyl sites for hydroxylation is 1. The third-order valence-electron chi connectivity index (χ3n) is 3.15. The Morgan fingerprint density at radius 2 is 1.80 bits per heavy atom. The molecule has 0 unspecified atom stereocenters. The summed E-state index contributed by atoms with van der Waals surface area (Å²) in [5.41, 5.74) is 0.0914. The first-order valence-electron chi connectivity index (χ1n) is 7.12. The van der Waals surface area contributed by atoms with Crippen molar-refractivity contribution < 1.29 is 18.9 Å². The maximum absolute atomic E-state index is 11.2. The maximum Gasteiger partial charge on any atom is 0.346 e. The van der Waals surface area contributed by atoms with Crippen LogP contribution in [0.3, 0.4) is 0 Å².